The van der Waals surface area contributed by atoms with Crippen molar-refractivity contribution in [3.63, 3.8) is 0 Å². The molecule has 0 unspecified atom stereocenters. The molecule has 0 aliphatic carbocycles. The van der Waals surface area contributed by atoms with Crippen molar-refractivity contribution in [2.75, 3.05) is 26.1 Å². The maximum atomic E-state index is 12.2. The van der Waals surface area contributed by atoms with Crippen LogP contribution in [0, 0.1) is 13.8 Å². The van der Waals surface area contributed by atoms with Crippen LogP contribution in [0.4, 0.5) is 5.69 Å². The first-order valence-corrected chi connectivity index (χ1v) is 9.18. The minimum absolute atomic E-state index is 0.0997. The van der Waals surface area contributed by atoms with Crippen molar-refractivity contribution in [2.45, 2.75) is 20.3 Å². The third kappa shape index (κ3) is 5.47. The van der Waals surface area contributed by atoms with Crippen molar-refractivity contribution in [3.05, 3.63) is 51.5 Å². The van der Waals surface area contributed by atoms with E-state index < -0.39 is 0 Å². The molecular formula is C20H23BrN2O4. The Morgan fingerprint density at radius 3 is 2.19 bits per heavy atom. The molecule has 0 saturated heterocycles. The predicted octanol–water partition coefficient (Wildman–Crippen LogP) is 3.38. The second kappa shape index (κ2) is 9.41. The molecule has 2 aromatic rings. The number of hydrogen-bond donors (Lipinski definition) is 2. The number of rotatable bonds is 7. The lowest BCUT2D eigenvalue weighted by Crippen LogP contribution is -2.34. The molecule has 0 bridgehead atoms. The fourth-order valence-electron chi connectivity index (χ4n) is 2.64. The van der Waals surface area contributed by atoms with Gasteiger partial charge in [-0.25, -0.2) is 0 Å². The van der Waals surface area contributed by atoms with E-state index in [9.17, 15) is 9.59 Å². The summed E-state index contributed by atoms with van der Waals surface area (Å²) in [7, 11) is 3.08. The highest BCUT2D eigenvalue weighted by molar-refractivity contribution is 9.10. The predicted molar refractivity (Wildman–Crippen MR) is 109 cm³/mol. The molecular weight excluding hydrogens is 412 g/mol. The lowest BCUT2D eigenvalue weighted by atomic mass is 10.1. The maximum absolute atomic E-state index is 12.2. The summed E-state index contributed by atoms with van der Waals surface area (Å²) in [5.74, 6) is 0.574. The van der Waals surface area contributed by atoms with Gasteiger partial charge in [0.05, 0.1) is 27.2 Å². The third-order valence-corrected chi connectivity index (χ3v) is 4.83. The molecule has 6 nitrogen and oxygen atoms in total. The van der Waals surface area contributed by atoms with E-state index >= 15 is 0 Å². The molecule has 2 rings (SSSR count). The van der Waals surface area contributed by atoms with E-state index in [1.807, 2.05) is 32.0 Å². The van der Waals surface area contributed by atoms with Gasteiger partial charge in [-0.05, 0) is 42.7 Å². The van der Waals surface area contributed by atoms with Gasteiger partial charge in [-0.1, -0.05) is 34.1 Å². The summed E-state index contributed by atoms with van der Waals surface area (Å²) in [5, 5.41) is 5.48. The molecule has 0 spiro atoms. The topological polar surface area (TPSA) is 76.7 Å². The zero-order chi connectivity index (χ0) is 20.0. The molecule has 0 aromatic heterocycles. The monoisotopic (exact) mass is 434 g/mol. The van der Waals surface area contributed by atoms with Crippen molar-refractivity contribution < 1.29 is 19.1 Å². The second-order valence-electron chi connectivity index (χ2n) is 6.07. The van der Waals surface area contributed by atoms with Crippen LogP contribution in [-0.2, 0) is 16.0 Å². The molecule has 2 N–H and O–H groups in total. The number of amides is 2. The van der Waals surface area contributed by atoms with Gasteiger partial charge in [0, 0.05) is 10.2 Å². The van der Waals surface area contributed by atoms with Gasteiger partial charge >= 0.3 is 0 Å². The number of aryl methyl sites for hydroxylation is 2. The number of anilines is 1. The van der Waals surface area contributed by atoms with Gasteiger partial charge in [0.15, 0.2) is 11.5 Å². The molecule has 0 saturated carbocycles. The lowest BCUT2D eigenvalue weighted by molar-refractivity contribution is -0.123. The maximum Gasteiger partial charge on any atom is 0.243 e. The van der Waals surface area contributed by atoms with Crippen LogP contribution in [0.15, 0.2) is 34.8 Å². The van der Waals surface area contributed by atoms with E-state index in [2.05, 4.69) is 26.6 Å². The Morgan fingerprint density at radius 1 is 1.00 bits per heavy atom. The zero-order valence-electron chi connectivity index (χ0n) is 15.8. The van der Waals surface area contributed by atoms with E-state index in [1.54, 1.807) is 19.2 Å². The van der Waals surface area contributed by atoms with Gasteiger partial charge in [-0.3, -0.25) is 9.59 Å². The molecule has 0 radical (unpaired) electrons. The number of carbonyl (C=O) groups excluding carboxylic acids is 2. The Balaban J connectivity index is 1.95. The average Bonchev–Trinajstić information content (AvgIpc) is 2.64. The molecule has 0 aliphatic rings. The van der Waals surface area contributed by atoms with Crippen LogP contribution in [-0.4, -0.2) is 32.6 Å². The van der Waals surface area contributed by atoms with Gasteiger partial charge in [0.2, 0.25) is 11.8 Å². The minimum Gasteiger partial charge on any atom is -0.493 e. The van der Waals surface area contributed by atoms with Crippen LogP contribution in [0.5, 0.6) is 11.5 Å². The molecule has 2 aromatic carbocycles. The van der Waals surface area contributed by atoms with E-state index in [0.29, 0.717) is 11.5 Å². The number of hydrogen-bond acceptors (Lipinski definition) is 4. The largest absolute Gasteiger partial charge is 0.493 e. The standard InChI is InChI=1S/C20H23BrN2O4/c1-12-6-5-7-13(2)20(12)23-19(25)11-22-18(24)9-14-8-16(26-3)17(27-4)10-15(14)21/h5-8,10H,9,11H2,1-4H3,(H,22,24)(H,23,25). The highest BCUT2D eigenvalue weighted by atomic mass is 79.9. The van der Waals surface area contributed by atoms with Gasteiger partial charge in [-0.15, -0.1) is 0 Å². The summed E-state index contributed by atoms with van der Waals surface area (Å²) in [6.07, 6.45) is 0.109. The molecule has 0 fully saturated rings. The van der Waals surface area contributed by atoms with Crippen LogP contribution in [0.1, 0.15) is 16.7 Å². The number of nitrogens with one attached hydrogen (secondary N) is 2. The molecule has 0 heterocycles. The summed E-state index contributed by atoms with van der Waals surface area (Å²) < 4.78 is 11.2. The van der Waals surface area contributed by atoms with Gasteiger partial charge in [-0.2, -0.15) is 0 Å². The zero-order valence-corrected chi connectivity index (χ0v) is 17.4. The SMILES string of the molecule is COc1cc(Br)c(CC(=O)NCC(=O)Nc2c(C)cccc2C)cc1OC. The molecule has 2 amide bonds. The van der Waals surface area contributed by atoms with Gasteiger partial charge in [0.25, 0.3) is 0 Å². The summed E-state index contributed by atoms with van der Waals surface area (Å²) in [6, 6.07) is 9.27. The summed E-state index contributed by atoms with van der Waals surface area (Å²) in [6.45, 7) is 3.75. The molecule has 7 heteroatoms. The highest BCUT2D eigenvalue weighted by Gasteiger charge is 2.14. The van der Waals surface area contributed by atoms with Crippen molar-refractivity contribution >= 4 is 33.4 Å². The van der Waals surface area contributed by atoms with Crippen molar-refractivity contribution in [1.29, 1.82) is 0 Å². The summed E-state index contributed by atoms with van der Waals surface area (Å²) in [4.78, 5) is 24.4. The first kappa shape index (κ1) is 20.8. The quantitative estimate of drug-likeness (QED) is 0.699. The fourth-order valence-corrected chi connectivity index (χ4v) is 3.10. The Bertz CT molecular complexity index is 832. The summed E-state index contributed by atoms with van der Waals surface area (Å²) in [5.41, 5.74) is 3.47. The number of para-hydroxylation sites is 1. The average molecular weight is 435 g/mol. The Labute approximate surface area is 167 Å². The second-order valence-corrected chi connectivity index (χ2v) is 6.92. The number of benzene rings is 2. The number of methoxy groups -OCH3 is 2. The first-order chi connectivity index (χ1) is 12.8. The van der Waals surface area contributed by atoms with Crippen LogP contribution in [0.25, 0.3) is 0 Å². The van der Waals surface area contributed by atoms with E-state index in [1.165, 1.54) is 7.11 Å². The fraction of sp³-hybridized carbons (Fsp3) is 0.300. The Kier molecular flexibility index (Phi) is 7.24. The number of halogens is 1. The Morgan fingerprint density at radius 2 is 1.59 bits per heavy atom. The first-order valence-electron chi connectivity index (χ1n) is 8.38. The van der Waals surface area contributed by atoms with Crippen LogP contribution in [0.3, 0.4) is 0 Å². The Hall–Kier alpha value is -2.54. The minimum atomic E-state index is -0.271. The van der Waals surface area contributed by atoms with Crippen LogP contribution >= 0.6 is 15.9 Å². The molecule has 0 atom stereocenters. The van der Waals surface area contributed by atoms with Crippen molar-refractivity contribution in [1.82, 2.24) is 5.32 Å². The van der Waals surface area contributed by atoms with Crippen LogP contribution in [0.2, 0.25) is 0 Å². The lowest BCUT2D eigenvalue weighted by Gasteiger charge is -2.13. The molecule has 27 heavy (non-hydrogen) atoms. The van der Waals surface area contributed by atoms with E-state index in [4.69, 9.17) is 9.47 Å². The normalized spacial score (nSPS) is 10.3. The smallest absolute Gasteiger partial charge is 0.243 e. The summed E-state index contributed by atoms with van der Waals surface area (Å²) >= 11 is 3.43. The van der Waals surface area contributed by atoms with E-state index in [-0.39, 0.29) is 24.8 Å². The number of ether oxygens (including phenoxy) is 2. The van der Waals surface area contributed by atoms with Gasteiger partial charge < -0.3 is 20.1 Å². The number of carbonyl (C=O) groups is 2. The third-order valence-electron chi connectivity index (χ3n) is 4.10. The van der Waals surface area contributed by atoms with Crippen molar-refractivity contribution in [3.8, 4) is 11.5 Å². The highest BCUT2D eigenvalue weighted by Crippen LogP contribution is 2.33. The molecule has 144 valence electrons. The van der Waals surface area contributed by atoms with E-state index in [0.717, 1.165) is 26.9 Å². The van der Waals surface area contributed by atoms with Gasteiger partial charge in [0.1, 0.15) is 0 Å². The van der Waals surface area contributed by atoms with Crippen LogP contribution < -0.4 is 20.1 Å². The molecule has 0 aliphatic heterocycles. The van der Waals surface area contributed by atoms with Crippen molar-refractivity contribution in [2.24, 2.45) is 0 Å².